The van der Waals surface area contributed by atoms with E-state index in [-0.39, 0.29) is 18.4 Å². The number of piperidine rings is 1. The fourth-order valence-electron chi connectivity index (χ4n) is 5.09. The first kappa shape index (κ1) is 23.6. The van der Waals surface area contributed by atoms with Crippen molar-refractivity contribution in [3.63, 3.8) is 0 Å². The Morgan fingerprint density at radius 1 is 1.24 bits per heavy atom. The maximum Gasteiger partial charge on any atom is 0.417 e. The Labute approximate surface area is 194 Å². The summed E-state index contributed by atoms with van der Waals surface area (Å²) in [5.41, 5.74) is -1.17. The molecule has 0 aliphatic carbocycles. The van der Waals surface area contributed by atoms with Crippen molar-refractivity contribution in [3.05, 3.63) is 47.3 Å². The number of H-pyrrole nitrogens is 1. The second-order valence-corrected chi connectivity index (χ2v) is 9.13. The molecule has 2 fully saturated rings. The molecule has 2 aromatic rings. The zero-order chi connectivity index (χ0) is 24.7. The lowest BCUT2D eigenvalue weighted by Gasteiger charge is -2.42. The molecular weight excluding hydrogens is 449 g/mol. The van der Waals surface area contributed by atoms with Crippen molar-refractivity contribution in [2.75, 3.05) is 45.2 Å². The van der Waals surface area contributed by atoms with E-state index in [1.807, 2.05) is 0 Å². The van der Waals surface area contributed by atoms with Crippen LogP contribution in [0, 0.1) is 22.7 Å². The Balaban J connectivity index is 1.60. The van der Waals surface area contributed by atoms with Gasteiger partial charge < -0.3 is 14.7 Å². The highest BCUT2D eigenvalue weighted by Gasteiger charge is 2.52. The second kappa shape index (κ2) is 8.66. The first-order valence-corrected chi connectivity index (χ1v) is 10.9. The summed E-state index contributed by atoms with van der Waals surface area (Å²) in [7, 11) is 3.33. The van der Waals surface area contributed by atoms with Crippen LogP contribution < -0.4 is 4.90 Å². The van der Waals surface area contributed by atoms with Gasteiger partial charge in [0.1, 0.15) is 5.69 Å². The van der Waals surface area contributed by atoms with Crippen molar-refractivity contribution in [1.82, 2.24) is 20.0 Å². The van der Waals surface area contributed by atoms with E-state index in [0.29, 0.717) is 43.9 Å². The van der Waals surface area contributed by atoms with E-state index < -0.39 is 28.6 Å². The number of aromatic amines is 1. The minimum atomic E-state index is -4.66. The van der Waals surface area contributed by atoms with E-state index in [2.05, 4.69) is 10.2 Å². The molecule has 1 N–H and O–H groups in total. The minimum Gasteiger partial charge on any atom is -0.370 e. The maximum atomic E-state index is 13.5. The van der Waals surface area contributed by atoms with Crippen LogP contribution in [-0.2, 0) is 11.0 Å². The van der Waals surface area contributed by atoms with Gasteiger partial charge in [-0.2, -0.15) is 23.5 Å². The molecule has 2 aliphatic heterocycles. The van der Waals surface area contributed by atoms with Crippen molar-refractivity contribution >= 4 is 17.5 Å². The molecule has 180 valence electrons. The molecule has 8 nitrogen and oxygen atoms in total. The highest BCUT2D eigenvalue weighted by molar-refractivity contribution is 5.92. The Bertz CT molecular complexity index is 1110. The number of alkyl halides is 3. The van der Waals surface area contributed by atoms with E-state index in [1.54, 1.807) is 36.0 Å². The number of rotatable bonds is 3. The molecule has 3 heterocycles. The van der Waals surface area contributed by atoms with E-state index >= 15 is 0 Å². The van der Waals surface area contributed by atoms with Crippen LogP contribution in [0.25, 0.3) is 0 Å². The summed E-state index contributed by atoms with van der Waals surface area (Å²) in [5, 5.41) is 15.6. The van der Waals surface area contributed by atoms with Crippen LogP contribution in [0.1, 0.15) is 34.5 Å². The van der Waals surface area contributed by atoms with Crippen LogP contribution >= 0.6 is 0 Å². The van der Waals surface area contributed by atoms with Gasteiger partial charge >= 0.3 is 6.18 Å². The third kappa shape index (κ3) is 4.20. The van der Waals surface area contributed by atoms with Crippen LogP contribution in [-0.4, -0.2) is 72.1 Å². The number of likely N-dealkylation sites (tertiary alicyclic amines) is 1. The van der Waals surface area contributed by atoms with Gasteiger partial charge in [0.05, 0.1) is 23.1 Å². The number of nitrogens with zero attached hydrogens (tertiary/aromatic N) is 5. The fraction of sp³-hybridized carbons (Fsp3) is 0.478. The number of carbonyl (C=O) groups is 2. The van der Waals surface area contributed by atoms with Crippen molar-refractivity contribution in [3.8, 4) is 6.07 Å². The molecule has 2 aliphatic rings. The topological polar surface area (TPSA) is 96.3 Å². The average molecular weight is 474 g/mol. The van der Waals surface area contributed by atoms with Crippen LogP contribution in [0.15, 0.2) is 30.5 Å². The van der Waals surface area contributed by atoms with Gasteiger partial charge in [0.2, 0.25) is 5.91 Å². The number of benzene rings is 1. The summed E-state index contributed by atoms with van der Waals surface area (Å²) in [4.78, 5) is 30.8. The highest BCUT2D eigenvalue weighted by Crippen LogP contribution is 2.47. The van der Waals surface area contributed by atoms with Crippen molar-refractivity contribution in [1.29, 1.82) is 5.26 Å². The third-order valence-electron chi connectivity index (χ3n) is 6.96. The summed E-state index contributed by atoms with van der Waals surface area (Å²) in [5.74, 6) is -0.669. The zero-order valence-electron chi connectivity index (χ0n) is 18.9. The number of hydrogen-bond acceptors (Lipinski definition) is 5. The smallest absolute Gasteiger partial charge is 0.370 e. The number of nitrogens with one attached hydrogen (secondary N) is 1. The first-order chi connectivity index (χ1) is 16.1. The van der Waals surface area contributed by atoms with Gasteiger partial charge in [-0.25, -0.2) is 0 Å². The molecule has 1 spiro atoms. The average Bonchev–Trinajstić information content (AvgIpc) is 3.46. The molecule has 0 saturated carbocycles. The van der Waals surface area contributed by atoms with Crippen LogP contribution in [0.3, 0.4) is 0 Å². The highest BCUT2D eigenvalue weighted by atomic mass is 19.4. The first-order valence-electron chi connectivity index (χ1n) is 10.9. The molecule has 2 amide bonds. The quantitative estimate of drug-likeness (QED) is 0.738. The van der Waals surface area contributed by atoms with E-state index in [4.69, 9.17) is 5.26 Å². The Hall–Kier alpha value is -3.55. The predicted octanol–water partition coefficient (Wildman–Crippen LogP) is 2.75. The van der Waals surface area contributed by atoms with Crippen LogP contribution in [0.2, 0.25) is 0 Å². The molecule has 1 aromatic heterocycles. The largest absolute Gasteiger partial charge is 0.417 e. The van der Waals surface area contributed by atoms with Gasteiger partial charge in [0, 0.05) is 57.6 Å². The Morgan fingerprint density at radius 3 is 2.50 bits per heavy atom. The normalized spacial score (nSPS) is 19.8. The van der Waals surface area contributed by atoms with Gasteiger partial charge in [0.15, 0.2) is 0 Å². The zero-order valence-corrected chi connectivity index (χ0v) is 18.9. The lowest BCUT2D eigenvalue weighted by Crippen LogP contribution is -2.49. The molecule has 11 heteroatoms. The number of hydrogen-bond donors (Lipinski definition) is 1. The van der Waals surface area contributed by atoms with E-state index in [1.165, 1.54) is 23.2 Å². The van der Waals surface area contributed by atoms with Gasteiger partial charge in [-0.05, 0) is 37.1 Å². The van der Waals surface area contributed by atoms with Gasteiger partial charge in [-0.3, -0.25) is 14.7 Å². The number of anilines is 1. The van der Waals surface area contributed by atoms with Gasteiger partial charge in [-0.1, -0.05) is 0 Å². The molecular formula is C23H25F3N6O2. The Morgan fingerprint density at radius 2 is 1.94 bits per heavy atom. The molecule has 34 heavy (non-hydrogen) atoms. The van der Waals surface area contributed by atoms with E-state index in [9.17, 15) is 22.8 Å². The number of halogens is 3. The summed E-state index contributed by atoms with van der Waals surface area (Å²) >= 11 is 0. The number of aromatic nitrogens is 2. The standard InChI is InChI=1S/C23H25F3N6O2/c1-30(2)20(33)18-13-32(16-4-3-15(12-27)17(11-16)23(24,25)26)14-22(18)6-9-31(10-7-22)21(34)19-5-8-28-29-19/h3-5,8,11,18H,6-7,9-10,13-14H2,1-2H3,(H,28,29). The summed E-state index contributed by atoms with van der Waals surface area (Å²) in [6.45, 7) is 1.54. The number of nitriles is 1. The summed E-state index contributed by atoms with van der Waals surface area (Å²) in [6.07, 6.45) is -2.05. The molecule has 1 atom stereocenters. The maximum absolute atomic E-state index is 13.5. The fourth-order valence-corrected chi connectivity index (χ4v) is 5.09. The summed E-state index contributed by atoms with van der Waals surface area (Å²) < 4.78 is 40.6. The second-order valence-electron chi connectivity index (χ2n) is 9.13. The third-order valence-corrected chi connectivity index (χ3v) is 6.96. The predicted molar refractivity (Wildman–Crippen MR) is 117 cm³/mol. The Kier molecular flexibility index (Phi) is 6.02. The van der Waals surface area contributed by atoms with Gasteiger partial charge in [-0.15, -0.1) is 0 Å². The van der Waals surface area contributed by atoms with Crippen molar-refractivity contribution < 1.29 is 22.8 Å². The number of carbonyl (C=O) groups excluding carboxylic acids is 2. The molecule has 2 saturated heterocycles. The van der Waals surface area contributed by atoms with Crippen molar-refractivity contribution in [2.45, 2.75) is 19.0 Å². The monoisotopic (exact) mass is 474 g/mol. The minimum absolute atomic E-state index is 0.0828. The molecule has 1 aromatic carbocycles. The molecule has 4 rings (SSSR count). The van der Waals surface area contributed by atoms with Crippen LogP contribution in [0.5, 0.6) is 0 Å². The summed E-state index contributed by atoms with van der Waals surface area (Å²) in [6, 6.07) is 6.88. The molecule has 1 unspecified atom stereocenters. The number of amides is 2. The van der Waals surface area contributed by atoms with E-state index in [0.717, 1.165) is 6.07 Å². The van der Waals surface area contributed by atoms with Crippen LogP contribution in [0.4, 0.5) is 18.9 Å². The lowest BCUT2D eigenvalue weighted by atomic mass is 9.70. The van der Waals surface area contributed by atoms with Gasteiger partial charge in [0.25, 0.3) is 5.91 Å². The molecule has 0 radical (unpaired) electrons. The van der Waals surface area contributed by atoms with Crippen molar-refractivity contribution in [2.24, 2.45) is 11.3 Å². The SMILES string of the molecule is CN(C)C(=O)C1CN(c2ccc(C#N)c(C(F)(F)F)c2)CC12CCN(C(=O)c1ccn[nH]1)CC2. The molecule has 0 bridgehead atoms. The lowest BCUT2D eigenvalue weighted by molar-refractivity contribution is -0.138.